The molecule has 0 aliphatic heterocycles. The van der Waals surface area contributed by atoms with E-state index in [1.165, 1.54) is 12.5 Å². The zero-order valence-electron chi connectivity index (χ0n) is 13.8. The lowest BCUT2D eigenvalue weighted by molar-refractivity contribution is 0.0927. The zero-order valence-corrected chi connectivity index (χ0v) is 16.9. The summed E-state index contributed by atoms with van der Waals surface area (Å²) in [6.45, 7) is 0. The number of benzene rings is 1. The standard InChI is InChI=1S/C17H18Cl2N2O3S2/c18-15-10-14(16(19)25-15)26(23,24)21-13-8-6-11(7-9-13)17(22)20-12-4-2-1-3-5-12/h6-10,12,21H,1-5H2,(H,20,22). The van der Waals surface area contributed by atoms with Crippen LogP contribution in [0.1, 0.15) is 42.5 Å². The maximum atomic E-state index is 12.4. The average Bonchev–Trinajstić information content (AvgIpc) is 2.95. The van der Waals surface area contributed by atoms with E-state index in [0.29, 0.717) is 15.6 Å². The van der Waals surface area contributed by atoms with Gasteiger partial charge in [-0.05, 0) is 43.2 Å². The van der Waals surface area contributed by atoms with Crippen LogP contribution in [0.3, 0.4) is 0 Å². The highest BCUT2D eigenvalue weighted by atomic mass is 35.5. The molecule has 0 unspecified atom stereocenters. The summed E-state index contributed by atoms with van der Waals surface area (Å²) in [7, 11) is -3.84. The third-order valence-electron chi connectivity index (χ3n) is 4.25. The summed E-state index contributed by atoms with van der Waals surface area (Å²) < 4.78 is 27.6. The van der Waals surface area contributed by atoms with Gasteiger partial charge in [0.15, 0.2) is 0 Å². The van der Waals surface area contributed by atoms with Gasteiger partial charge in [0, 0.05) is 17.3 Å². The monoisotopic (exact) mass is 432 g/mol. The first-order chi connectivity index (χ1) is 12.3. The fourth-order valence-corrected chi connectivity index (χ4v) is 6.13. The van der Waals surface area contributed by atoms with Crippen LogP contribution >= 0.6 is 34.5 Å². The van der Waals surface area contributed by atoms with Crippen molar-refractivity contribution in [2.24, 2.45) is 0 Å². The fraction of sp³-hybridized carbons (Fsp3) is 0.353. The van der Waals surface area contributed by atoms with Gasteiger partial charge in [0.2, 0.25) is 0 Å². The van der Waals surface area contributed by atoms with E-state index in [-0.39, 0.29) is 21.2 Å². The number of sulfonamides is 1. The van der Waals surface area contributed by atoms with Gasteiger partial charge in [-0.3, -0.25) is 9.52 Å². The van der Waals surface area contributed by atoms with Crippen molar-refractivity contribution in [2.45, 2.75) is 43.0 Å². The zero-order chi connectivity index (χ0) is 18.7. The minimum absolute atomic E-state index is 0.0618. The molecule has 1 aromatic heterocycles. The number of hydrogen-bond acceptors (Lipinski definition) is 4. The van der Waals surface area contributed by atoms with Crippen LogP contribution in [-0.4, -0.2) is 20.4 Å². The lowest BCUT2D eigenvalue weighted by Gasteiger charge is -2.22. The minimum atomic E-state index is -3.84. The van der Waals surface area contributed by atoms with Crippen molar-refractivity contribution in [1.29, 1.82) is 0 Å². The molecular weight excluding hydrogens is 415 g/mol. The molecule has 0 spiro atoms. The maximum Gasteiger partial charge on any atom is 0.264 e. The molecule has 0 bridgehead atoms. The molecule has 2 N–H and O–H groups in total. The molecule has 0 atom stereocenters. The number of rotatable bonds is 5. The predicted molar refractivity (Wildman–Crippen MR) is 106 cm³/mol. The highest BCUT2D eigenvalue weighted by Crippen LogP contribution is 2.35. The summed E-state index contributed by atoms with van der Waals surface area (Å²) in [4.78, 5) is 12.2. The first-order valence-corrected chi connectivity index (χ1v) is 11.3. The molecule has 3 rings (SSSR count). The van der Waals surface area contributed by atoms with Crippen LogP contribution in [-0.2, 0) is 10.0 Å². The molecule has 26 heavy (non-hydrogen) atoms. The highest BCUT2D eigenvalue weighted by molar-refractivity contribution is 7.93. The second kappa shape index (κ2) is 8.17. The van der Waals surface area contributed by atoms with E-state index in [1.54, 1.807) is 24.3 Å². The Morgan fingerprint density at radius 2 is 1.73 bits per heavy atom. The van der Waals surface area contributed by atoms with Crippen LogP contribution in [0.25, 0.3) is 0 Å². The molecule has 1 aromatic carbocycles. The van der Waals surface area contributed by atoms with Gasteiger partial charge in [-0.1, -0.05) is 42.5 Å². The second-order valence-corrected chi connectivity index (χ2v) is 10.1. The highest BCUT2D eigenvalue weighted by Gasteiger charge is 2.21. The number of thiophene rings is 1. The topological polar surface area (TPSA) is 75.3 Å². The van der Waals surface area contributed by atoms with Crippen LogP contribution < -0.4 is 10.0 Å². The summed E-state index contributed by atoms with van der Waals surface area (Å²) in [6.07, 6.45) is 5.52. The number of nitrogens with one attached hydrogen (secondary N) is 2. The Kier molecular flexibility index (Phi) is 6.12. The Morgan fingerprint density at radius 3 is 2.31 bits per heavy atom. The molecule has 140 valence electrons. The van der Waals surface area contributed by atoms with Gasteiger partial charge in [-0.15, -0.1) is 11.3 Å². The molecule has 0 radical (unpaired) electrons. The molecule has 0 saturated heterocycles. The van der Waals surface area contributed by atoms with E-state index >= 15 is 0 Å². The Labute approximate surface area is 166 Å². The number of halogens is 2. The molecule has 9 heteroatoms. The first-order valence-electron chi connectivity index (χ1n) is 8.24. The first kappa shape index (κ1) is 19.5. The van der Waals surface area contributed by atoms with Gasteiger partial charge in [0.05, 0.1) is 4.34 Å². The summed E-state index contributed by atoms with van der Waals surface area (Å²) in [6, 6.07) is 7.82. The Bertz CT molecular complexity index is 889. The number of carbonyl (C=O) groups excluding carboxylic acids is 1. The molecule has 1 amide bonds. The number of carbonyl (C=O) groups is 1. The summed E-state index contributed by atoms with van der Waals surface area (Å²) in [5.41, 5.74) is 0.840. The quantitative estimate of drug-likeness (QED) is 0.703. The molecule has 1 aliphatic carbocycles. The Morgan fingerprint density at radius 1 is 1.08 bits per heavy atom. The number of amides is 1. The largest absolute Gasteiger partial charge is 0.349 e. The van der Waals surface area contributed by atoms with Gasteiger partial charge in [-0.25, -0.2) is 8.42 Å². The summed E-state index contributed by atoms with van der Waals surface area (Å²) >= 11 is 12.7. The van der Waals surface area contributed by atoms with E-state index < -0.39 is 10.0 Å². The fourth-order valence-electron chi connectivity index (χ4n) is 2.92. The third-order valence-corrected chi connectivity index (χ3v) is 7.39. The average molecular weight is 433 g/mol. The maximum absolute atomic E-state index is 12.4. The normalized spacial score (nSPS) is 15.6. The van der Waals surface area contributed by atoms with Crippen molar-refractivity contribution in [3.05, 3.63) is 44.6 Å². The number of hydrogen-bond donors (Lipinski definition) is 2. The molecule has 1 heterocycles. The van der Waals surface area contributed by atoms with Crippen molar-refractivity contribution in [3.63, 3.8) is 0 Å². The summed E-state index contributed by atoms with van der Waals surface area (Å²) in [5, 5.41) is 3.03. The third kappa shape index (κ3) is 4.71. The van der Waals surface area contributed by atoms with Crippen LogP contribution in [0.15, 0.2) is 35.2 Å². The second-order valence-electron chi connectivity index (χ2n) is 6.18. The van der Waals surface area contributed by atoms with Crippen LogP contribution in [0.2, 0.25) is 8.67 Å². The van der Waals surface area contributed by atoms with Crippen molar-refractivity contribution < 1.29 is 13.2 Å². The Hall–Kier alpha value is -1.28. The van der Waals surface area contributed by atoms with Gasteiger partial charge in [0.25, 0.3) is 15.9 Å². The van der Waals surface area contributed by atoms with E-state index in [9.17, 15) is 13.2 Å². The molecule has 1 aliphatic rings. The van der Waals surface area contributed by atoms with Gasteiger partial charge in [-0.2, -0.15) is 0 Å². The van der Waals surface area contributed by atoms with Crippen molar-refractivity contribution in [2.75, 3.05) is 4.72 Å². The SMILES string of the molecule is O=C(NC1CCCCC1)c1ccc(NS(=O)(=O)c2cc(Cl)sc2Cl)cc1. The lowest BCUT2D eigenvalue weighted by atomic mass is 9.95. The molecular formula is C17H18Cl2N2O3S2. The van der Waals surface area contributed by atoms with Gasteiger partial charge in [0.1, 0.15) is 9.23 Å². The van der Waals surface area contributed by atoms with Gasteiger partial charge < -0.3 is 5.32 Å². The van der Waals surface area contributed by atoms with Crippen LogP contribution in [0, 0.1) is 0 Å². The van der Waals surface area contributed by atoms with Crippen molar-refractivity contribution in [1.82, 2.24) is 5.32 Å². The number of anilines is 1. The van der Waals surface area contributed by atoms with Gasteiger partial charge >= 0.3 is 0 Å². The lowest BCUT2D eigenvalue weighted by Crippen LogP contribution is -2.36. The molecule has 1 saturated carbocycles. The van der Waals surface area contributed by atoms with Crippen molar-refractivity contribution >= 4 is 56.2 Å². The molecule has 1 fully saturated rings. The van der Waals surface area contributed by atoms with Crippen LogP contribution in [0.4, 0.5) is 5.69 Å². The summed E-state index contributed by atoms with van der Waals surface area (Å²) in [5.74, 6) is -0.140. The predicted octanol–water partition coefficient (Wildman–Crippen LogP) is 4.92. The van der Waals surface area contributed by atoms with E-state index in [2.05, 4.69) is 10.0 Å². The van der Waals surface area contributed by atoms with E-state index in [1.807, 2.05) is 0 Å². The van der Waals surface area contributed by atoms with Crippen molar-refractivity contribution in [3.8, 4) is 0 Å². The molecule has 2 aromatic rings. The smallest absolute Gasteiger partial charge is 0.264 e. The molecule has 5 nitrogen and oxygen atoms in total. The van der Waals surface area contributed by atoms with E-state index in [0.717, 1.165) is 37.0 Å². The Balaban J connectivity index is 1.67. The van der Waals surface area contributed by atoms with E-state index in [4.69, 9.17) is 23.2 Å². The van der Waals surface area contributed by atoms with Crippen LogP contribution in [0.5, 0.6) is 0 Å². The minimum Gasteiger partial charge on any atom is -0.349 e.